The average Bonchev–Trinajstić information content (AvgIpc) is 3.27. The van der Waals surface area contributed by atoms with Crippen molar-refractivity contribution in [1.82, 2.24) is 29.5 Å². The molecule has 3 heterocycles. The SMILES string of the molecule is CCc1nn(C2CCN(C)CC2)cc1Nc1ncc(C(F)(F)F)c(NCCCN(C)CCCCC=O)n1. The number of carbonyl (C=O) groups excluding carboxylic acids is 1. The first kappa shape index (κ1) is 28.8. The molecule has 1 aliphatic heterocycles. The number of aromatic nitrogens is 4. The summed E-state index contributed by atoms with van der Waals surface area (Å²) in [4.78, 5) is 22.9. The monoisotopic (exact) mass is 524 g/mol. The fourth-order valence-electron chi connectivity index (χ4n) is 4.42. The molecule has 0 bridgehead atoms. The second kappa shape index (κ2) is 13.7. The van der Waals surface area contributed by atoms with Crippen LogP contribution in [-0.4, -0.2) is 82.7 Å². The van der Waals surface area contributed by atoms with E-state index in [0.717, 1.165) is 70.0 Å². The zero-order valence-electron chi connectivity index (χ0n) is 22.0. The minimum Gasteiger partial charge on any atom is -0.369 e. The third kappa shape index (κ3) is 8.67. The number of nitrogens with zero attached hydrogens (tertiary/aromatic N) is 6. The molecule has 2 N–H and O–H groups in total. The van der Waals surface area contributed by atoms with Crippen LogP contribution in [0.5, 0.6) is 0 Å². The standard InChI is InChI=1S/C25H39F3N8O/c1-4-21-22(18-36(33-21)19-9-14-35(3)15-10-19)31-24-30-17-20(25(26,27)28)23(32-24)29-11-8-13-34(2)12-6-5-7-16-37/h16-19H,4-15H2,1-3H3,(H2,29,30,31,32). The van der Waals surface area contributed by atoms with Crippen molar-refractivity contribution in [2.45, 2.75) is 64.1 Å². The summed E-state index contributed by atoms with van der Waals surface area (Å²) in [7, 11) is 4.07. The van der Waals surface area contributed by atoms with Gasteiger partial charge in [0.1, 0.15) is 17.7 Å². The maximum absolute atomic E-state index is 13.6. The topological polar surface area (TPSA) is 91.2 Å². The molecule has 37 heavy (non-hydrogen) atoms. The molecule has 0 unspecified atom stereocenters. The summed E-state index contributed by atoms with van der Waals surface area (Å²) in [6, 6.07) is 0.297. The summed E-state index contributed by atoms with van der Waals surface area (Å²) in [5, 5.41) is 10.7. The number of piperidine rings is 1. The van der Waals surface area contributed by atoms with Crippen molar-refractivity contribution in [1.29, 1.82) is 0 Å². The van der Waals surface area contributed by atoms with Crippen LogP contribution in [-0.2, 0) is 17.4 Å². The first-order valence-electron chi connectivity index (χ1n) is 13.0. The lowest BCUT2D eigenvalue weighted by molar-refractivity contribution is -0.137. The van der Waals surface area contributed by atoms with E-state index in [4.69, 9.17) is 5.10 Å². The first-order chi connectivity index (χ1) is 17.7. The lowest BCUT2D eigenvalue weighted by Gasteiger charge is -2.28. The highest BCUT2D eigenvalue weighted by atomic mass is 19.4. The highest BCUT2D eigenvalue weighted by molar-refractivity contribution is 5.58. The molecule has 2 aromatic rings. The molecule has 0 radical (unpaired) electrons. The van der Waals surface area contributed by atoms with Crippen LogP contribution in [0.15, 0.2) is 12.4 Å². The Labute approximate surface area is 216 Å². The van der Waals surface area contributed by atoms with Crippen LogP contribution in [0.3, 0.4) is 0 Å². The molecule has 0 atom stereocenters. The predicted molar refractivity (Wildman–Crippen MR) is 138 cm³/mol. The smallest absolute Gasteiger partial charge is 0.369 e. The molecular weight excluding hydrogens is 485 g/mol. The van der Waals surface area contributed by atoms with Crippen LogP contribution < -0.4 is 10.6 Å². The highest BCUT2D eigenvalue weighted by Crippen LogP contribution is 2.34. The van der Waals surface area contributed by atoms with E-state index in [0.29, 0.717) is 37.5 Å². The minimum absolute atomic E-state index is 0.0976. The van der Waals surface area contributed by atoms with Crippen LogP contribution in [0.1, 0.15) is 62.7 Å². The Morgan fingerprint density at radius 1 is 1.19 bits per heavy atom. The van der Waals surface area contributed by atoms with Gasteiger partial charge in [-0.05, 0) is 78.8 Å². The van der Waals surface area contributed by atoms with Crippen molar-refractivity contribution >= 4 is 23.7 Å². The van der Waals surface area contributed by atoms with E-state index in [-0.39, 0.29) is 11.8 Å². The van der Waals surface area contributed by atoms with E-state index in [9.17, 15) is 18.0 Å². The number of aryl methyl sites for hydroxylation is 1. The number of hydrogen-bond donors (Lipinski definition) is 2. The zero-order valence-corrected chi connectivity index (χ0v) is 22.0. The van der Waals surface area contributed by atoms with Gasteiger partial charge in [0.15, 0.2) is 0 Å². The molecule has 0 aromatic carbocycles. The number of unbranched alkanes of at least 4 members (excludes halogenated alkanes) is 2. The quantitative estimate of drug-likeness (QED) is 0.278. The van der Waals surface area contributed by atoms with E-state index in [1.54, 1.807) is 0 Å². The second-order valence-corrected chi connectivity index (χ2v) is 9.68. The maximum Gasteiger partial charge on any atom is 0.421 e. The van der Waals surface area contributed by atoms with Crippen LogP contribution in [0.25, 0.3) is 0 Å². The van der Waals surface area contributed by atoms with E-state index in [2.05, 4.69) is 37.4 Å². The van der Waals surface area contributed by atoms with Crippen LogP contribution in [0.2, 0.25) is 0 Å². The Morgan fingerprint density at radius 3 is 2.59 bits per heavy atom. The van der Waals surface area contributed by atoms with Gasteiger partial charge >= 0.3 is 6.18 Å². The summed E-state index contributed by atoms with van der Waals surface area (Å²) in [6.07, 6.45) is 4.72. The molecule has 1 aliphatic rings. The fraction of sp³-hybridized carbons (Fsp3) is 0.680. The van der Waals surface area contributed by atoms with Gasteiger partial charge in [0.2, 0.25) is 5.95 Å². The highest BCUT2D eigenvalue weighted by Gasteiger charge is 2.35. The molecule has 2 aromatic heterocycles. The second-order valence-electron chi connectivity index (χ2n) is 9.68. The number of rotatable bonds is 14. The summed E-state index contributed by atoms with van der Waals surface area (Å²) in [5.41, 5.74) is 0.648. The molecule has 0 amide bonds. The molecule has 0 spiro atoms. The maximum atomic E-state index is 13.6. The van der Waals surface area contributed by atoms with Crippen molar-refractivity contribution < 1.29 is 18.0 Å². The van der Waals surface area contributed by atoms with Crippen LogP contribution in [0.4, 0.5) is 30.6 Å². The molecule has 9 nitrogen and oxygen atoms in total. The Morgan fingerprint density at radius 2 is 1.92 bits per heavy atom. The van der Waals surface area contributed by atoms with Gasteiger partial charge < -0.3 is 25.2 Å². The van der Waals surface area contributed by atoms with E-state index >= 15 is 0 Å². The fourth-order valence-corrected chi connectivity index (χ4v) is 4.42. The van der Waals surface area contributed by atoms with Crippen molar-refractivity contribution in [3.8, 4) is 0 Å². The Kier molecular flexibility index (Phi) is 10.7. The van der Waals surface area contributed by atoms with Gasteiger partial charge in [0.05, 0.1) is 17.4 Å². The molecule has 1 fully saturated rings. The molecule has 1 saturated heterocycles. The Bertz CT molecular complexity index is 989. The number of halogens is 3. The molecule has 206 valence electrons. The van der Waals surface area contributed by atoms with Crippen molar-refractivity contribution in [2.75, 3.05) is 57.5 Å². The lowest BCUT2D eigenvalue weighted by Crippen LogP contribution is -2.31. The van der Waals surface area contributed by atoms with Crippen LogP contribution >= 0.6 is 0 Å². The van der Waals surface area contributed by atoms with Crippen molar-refractivity contribution in [3.63, 3.8) is 0 Å². The van der Waals surface area contributed by atoms with Crippen LogP contribution in [0, 0.1) is 0 Å². The number of anilines is 3. The van der Waals surface area contributed by atoms with E-state index in [1.165, 1.54) is 0 Å². The number of aldehydes is 1. The number of carbonyl (C=O) groups is 1. The van der Waals surface area contributed by atoms with Gasteiger partial charge in [-0.15, -0.1) is 0 Å². The molecule has 0 aliphatic carbocycles. The zero-order chi connectivity index (χ0) is 26.8. The third-order valence-electron chi connectivity index (χ3n) is 6.67. The summed E-state index contributed by atoms with van der Waals surface area (Å²) < 4.78 is 42.8. The third-order valence-corrected chi connectivity index (χ3v) is 6.67. The summed E-state index contributed by atoms with van der Waals surface area (Å²) in [6.45, 7) is 5.90. The van der Waals surface area contributed by atoms with Gasteiger partial charge in [-0.2, -0.15) is 23.3 Å². The summed E-state index contributed by atoms with van der Waals surface area (Å²) >= 11 is 0. The van der Waals surface area contributed by atoms with Crippen molar-refractivity contribution in [2.24, 2.45) is 0 Å². The van der Waals surface area contributed by atoms with Gasteiger partial charge in [-0.3, -0.25) is 4.68 Å². The largest absolute Gasteiger partial charge is 0.421 e. The van der Waals surface area contributed by atoms with E-state index in [1.807, 2.05) is 24.9 Å². The van der Waals surface area contributed by atoms with Gasteiger partial charge in [-0.25, -0.2) is 4.98 Å². The molecule has 3 rings (SSSR count). The Balaban J connectivity index is 1.65. The number of likely N-dealkylation sites (tertiary alicyclic amines) is 1. The van der Waals surface area contributed by atoms with Gasteiger partial charge in [0, 0.05) is 25.4 Å². The molecular formula is C25H39F3N8O. The Hall–Kier alpha value is -2.73. The molecule has 0 saturated carbocycles. The molecule has 12 heteroatoms. The summed E-state index contributed by atoms with van der Waals surface area (Å²) in [5.74, 6) is -0.139. The number of hydrogen-bond acceptors (Lipinski definition) is 8. The lowest BCUT2D eigenvalue weighted by atomic mass is 10.1. The van der Waals surface area contributed by atoms with E-state index < -0.39 is 11.7 Å². The average molecular weight is 525 g/mol. The van der Waals surface area contributed by atoms with Crippen molar-refractivity contribution in [3.05, 3.63) is 23.7 Å². The predicted octanol–water partition coefficient (Wildman–Crippen LogP) is 4.37. The number of alkyl halides is 3. The normalized spacial score (nSPS) is 15.3. The number of nitrogens with one attached hydrogen (secondary N) is 2. The minimum atomic E-state index is -4.57. The van der Waals surface area contributed by atoms with Gasteiger partial charge in [-0.1, -0.05) is 6.92 Å². The first-order valence-corrected chi connectivity index (χ1v) is 13.0. The van der Waals surface area contributed by atoms with Gasteiger partial charge in [0.25, 0.3) is 0 Å².